The van der Waals surface area contributed by atoms with Crippen molar-refractivity contribution >= 4 is 23.2 Å². The van der Waals surface area contributed by atoms with E-state index < -0.39 is 0 Å². The van der Waals surface area contributed by atoms with Crippen LogP contribution in [0.3, 0.4) is 0 Å². The van der Waals surface area contributed by atoms with Crippen molar-refractivity contribution in [1.29, 1.82) is 0 Å². The lowest BCUT2D eigenvalue weighted by Crippen LogP contribution is -2.33. The van der Waals surface area contributed by atoms with Crippen LogP contribution >= 0.6 is 11.6 Å². The number of amides is 1. The number of likely N-dealkylation sites (N-methyl/N-ethyl adjacent to an activating group) is 1. The number of anilines is 1. The molecule has 0 saturated heterocycles. The first-order valence-electron chi connectivity index (χ1n) is 7.10. The normalized spacial score (nSPS) is 10.7. The molecule has 0 saturated carbocycles. The van der Waals surface area contributed by atoms with E-state index in [1.807, 2.05) is 19.1 Å². The number of rotatable bonds is 5. The SMILES string of the molecule is CCN(C(=O)Cn1ccnc1)c1cn(-c2cccnc2)nc1Cl. The van der Waals surface area contributed by atoms with Crippen LogP contribution in [0.15, 0.2) is 49.4 Å². The van der Waals surface area contributed by atoms with Gasteiger partial charge in [0.2, 0.25) is 5.91 Å². The number of aromatic nitrogens is 5. The summed E-state index contributed by atoms with van der Waals surface area (Å²) in [5, 5.41) is 4.53. The summed E-state index contributed by atoms with van der Waals surface area (Å²) in [5.74, 6) is -0.0851. The Labute approximate surface area is 138 Å². The summed E-state index contributed by atoms with van der Waals surface area (Å²) in [4.78, 5) is 22.1. The Morgan fingerprint density at radius 3 is 2.87 bits per heavy atom. The van der Waals surface area contributed by atoms with E-state index in [2.05, 4.69) is 15.1 Å². The molecule has 0 aromatic carbocycles. The van der Waals surface area contributed by atoms with Gasteiger partial charge < -0.3 is 9.47 Å². The second-order valence-electron chi connectivity index (χ2n) is 4.83. The average Bonchev–Trinajstić information content (AvgIpc) is 3.19. The van der Waals surface area contributed by atoms with Crippen LogP contribution in [0.2, 0.25) is 5.15 Å². The molecule has 0 unspecified atom stereocenters. The third-order valence-electron chi connectivity index (χ3n) is 3.35. The maximum absolute atomic E-state index is 12.5. The van der Waals surface area contributed by atoms with Gasteiger partial charge in [-0.25, -0.2) is 9.67 Å². The van der Waals surface area contributed by atoms with Gasteiger partial charge in [-0.2, -0.15) is 5.10 Å². The van der Waals surface area contributed by atoms with Crippen molar-refractivity contribution in [2.75, 3.05) is 11.4 Å². The molecule has 3 aromatic heterocycles. The summed E-state index contributed by atoms with van der Waals surface area (Å²) >= 11 is 6.23. The summed E-state index contributed by atoms with van der Waals surface area (Å²) in [6.07, 6.45) is 10.1. The van der Waals surface area contributed by atoms with E-state index in [0.717, 1.165) is 5.69 Å². The van der Waals surface area contributed by atoms with Gasteiger partial charge in [-0.15, -0.1) is 0 Å². The molecule has 23 heavy (non-hydrogen) atoms. The molecule has 0 N–H and O–H groups in total. The van der Waals surface area contributed by atoms with Crippen LogP contribution in [-0.2, 0) is 11.3 Å². The summed E-state index contributed by atoms with van der Waals surface area (Å²) in [5.41, 5.74) is 1.35. The average molecular weight is 331 g/mol. The lowest BCUT2D eigenvalue weighted by Gasteiger charge is -2.19. The molecule has 3 aromatic rings. The summed E-state index contributed by atoms with van der Waals surface area (Å²) < 4.78 is 3.32. The van der Waals surface area contributed by atoms with Crippen molar-refractivity contribution in [2.45, 2.75) is 13.5 Å². The van der Waals surface area contributed by atoms with Crippen LogP contribution in [0.4, 0.5) is 5.69 Å². The maximum atomic E-state index is 12.5. The zero-order chi connectivity index (χ0) is 16.2. The van der Waals surface area contributed by atoms with Gasteiger partial charge in [0.15, 0.2) is 5.15 Å². The third kappa shape index (κ3) is 3.24. The highest BCUT2D eigenvalue weighted by molar-refractivity contribution is 6.32. The quantitative estimate of drug-likeness (QED) is 0.719. The van der Waals surface area contributed by atoms with E-state index in [-0.39, 0.29) is 17.6 Å². The fourth-order valence-electron chi connectivity index (χ4n) is 2.25. The first-order chi connectivity index (χ1) is 11.2. The Hall–Kier alpha value is -2.67. The number of hydrogen-bond donors (Lipinski definition) is 0. The highest BCUT2D eigenvalue weighted by Crippen LogP contribution is 2.26. The van der Waals surface area contributed by atoms with E-state index in [1.54, 1.807) is 51.5 Å². The largest absolute Gasteiger partial charge is 0.328 e. The molecule has 0 aliphatic rings. The number of carbonyl (C=O) groups excluding carboxylic acids is 1. The topological polar surface area (TPSA) is 68.8 Å². The van der Waals surface area contributed by atoms with Crippen LogP contribution in [0, 0.1) is 0 Å². The number of carbonyl (C=O) groups is 1. The second-order valence-corrected chi connectivity index (χ2v) is 5.19. The minimum Gasteiger partial charge on any atom is -0.328 e. The number of nitrogens with zero attached hydrogens (tertiary/aromatic N) is 6. The lowest BCUT2D eigenvalue weighted by molar-refractivity contribution is -0.119. The van der Waals surface area contributed by atoms with Crippen molar-refractivity contribution < 1.29 is 4.79 Å². The van der Waals surface area contributed by atoms with Crippen molar-refractivity contribution in [3.63, 3.8) is 0 Å². The van der Waals surface area contributed by atoms with E-state index in [0.29, 0.717) is 12.2 Å². The monoisotopic (exact) mass is 330 g/mol. The van der Waals surface area contributed by atoms with Gasteiger partial charge in [-0.1, -0.05) is 11.6 Å². The molecule has 0 bridgehead atoms. The van der Waals surface area contributed by atoms with Crippen molar-refractivity contribution in [1.82, 2.24) is 24.3 Å². The minimum absolute atomic E-state index is 0.0851. The van der Waals surface area contributed by atoms with Crippen LogP contribution in [-0.4, -0.2) is 36.8 Å². The molecule has 0 atom stereocenters. The van der Waals surface area contributed by atoms with Crippen LogP contribution in [0.5, 0.6) is 0 Å². The predicted octanol–water partition coefficient (Wildman–Crippen LogP) is 2.17. The molecule has 3 rings (SSSR count). The van der Waals surface area contributed by atoms with E-state index in [9.17, 15) is 4.79 Å². The molecule has 1 amide bonds. The smallest absolute Gasteiger partial charge is 0.247 e. The zero-order valence-corrected chi connectivity index (χ0v) is 13.3. The predicted molar refractivity (Wildman–Crippen MR) is 86.6 cm³/mol. The van der Waals surface area contributed by atoms with Gasteiger partial charge in [-0.05, 0) is 19.1 Å². The van der Waals surface area contributed by atoms with Crippen LogP contribution < -0.4 is 4.90 Å². The number of imidazole rings is 1. The summed E-state index contributed by atoms with van der Waals surface area (Å²) in [7, 11) is 0. The molecule has 0 spiro atoms. The Kier molecular flexibility index (Phi) is 4.38. The fourth-order valence-corrected chi connectivity index (χ4v) is 2.48. The van der Waals surface area contributed by atoms with Crippen molar-refractivity contribution in [3.05, 3.63) is 54.6 Å². The molecule has 7 nitrogen and oxygen atoms in total. The van der Waals surface area contributed by atoms with Gasteiger partial charge in [0.05, 0.1) is 24.4 Å². The third-order valence-corrected chi connectivity index (χ3v) is 3.62. The van der Waals surface area contributed by atoms with E-state index in [4.69, 9.17) is 11.6 Å². The van der Waals surface area contributed by atoms with E-state index >= 15 is 0 Å². The van der Waals surface area contributed by atoms with Gasteiger partial charge in [0, 0.05) is 25.1 Å². The number of pyridine rings is 1. The second kappa shape index (κ2) is 6.62. The van der Waals surface area contributed by atoms with Gasteiger partial charge >= 0.3 is 0 Å². The number of hydrogen-bond acceptors (Lipinski definition) is 4. The molecule has 0 aliphatic carbocycles. The van der Waals surface area contributed by atoms with Gasteiger partial charge in [0.1, 0.15) is 12.2 Å². The first-order valence-corrected chi connectivity index (χ1v) is 7.48. The zero-order valence-electron chi connectivity index (χ0n) is 12.5. The molecule has 0 radical (unpaired) electrons. The lowest BCUT2D eigenvalue weighted by atomic mass is 10.4. The maximum Gasteiger partial charge on any atom is 0.247 e. The Bertz CT molecular complexity index is 784. The fraction of sp³-hybridized carbons (Fsp3) is 0.200. The molecule has 3 heterocycles. The summed E-state index contributed by atoms with van der Waals surface area (Å²) in [6, 6.07) is 3.68. The Morgan fingerprint density at radius 2 is 2.22 bits per heavy atom. The molecule has 0 aliphatic heterocycles. The minimum atomic E-state index is -0.0851. The highest BCUT2D eigenvalue weighted by atomic mass is 35.5. The first kappa shape index (κ1) is 15.2. The molecule has 118 valence electrons. The molecular weight excluding hydrogens is 316 g/mol. The Morgan fingerprint density at radius 1 is 1.35 bits per heavy atom. The van der Waals surface area contributed by atoms with Crippen molar-refractivity contribution in [2.24, 2.45) is 0 Å². The molecule has 0 fully saturated rings. The summed E-state index contributed by atoms with van der Waals surface area (Å²) in [6.45, 7) is 2.58. The van der Waals surface area contributed by atoms with Gasteiger partial charge in [-0.3, -0.25) is 9.78 Å². The standard InChI is InChI=1S/C15H15ClN6O/c1-2-21(14(23)10-20-7-6-18-11-20)13-9-22(19-15(13)16)12-4-3-5-17-8-12/h3-9,11H,2,10H2,1H3. The van der Waals surface area contributed by atoms with Gasteiger partial charge in [0.25, 0.3) is 0 Å². The van der Waals surface area contributed by atoms with Crippen molar-refractivity contribution in [3.8, 4) is 5.69 Å². The highest BCUT2D eigenvalue weighted by Gasteiger charge is 2.20. The van der Waals surface area contributed by atoms with E-state index in [1.165, 1.54) is 0 Å². The number of halogens is 1. The van der Waals surface area contributed by atoms with Crippen LogP contribution in [0.1, 0.15) is 6.92 Å². The molecular formula is C15H15ClN6O. The van der Waals surface area contributed by atoms with Crippen LogP contribution in [0.25, 0.3) is 5.69 Å². The Balaban J connectivity index is 1.86. The molecule has 8 heteroatoms.